The fourth-order valence-corrected chi connectivity index (χ4v) is 2.32. The number of Topliss-reactive ketones (excluding diaryl/α,β-unsaturated/α-hetero) is 1. The summed E-state index contributed by atoms with van der Waals surface area (Å²) in [6, 6.07) is 9.99. The SMILES string of the molecule is CC(C)(C)C(=O)c1cc2cc(NC(=O)c3ccc(N)cc3)cnc2o1. The zero-order valence-corrected chi connectivity index (χ0v) is 14.3. The molecule has 3 rings (SSSR count). The van der Waals surface area contributed by atoms with Crippen molar-refractivity contribution in [3.05, 3.63) is 53.9 Å². The molecule has 0 saturated heterocycles. The minimum Gasteiger partial charge on any atom is -0.435 e. The molecule has 3 N–H and O–H groups in total. The first-order valence-electron chi connectivity index (χ1n) is 7.85. The highest BCUT2D eigenvalue weighted by molar-refractivity contribution is 6.05. The van der Waals surface area contributed by atoms with Crippen LogP contribution in [0.4, 0.5) is 11.4 Å². The van der Waals surface area contributed by atoms with Crippen LogP contribution in [0.1, 0.15) is 41.7 Å². The molecule has 1 aromatic carbocycles. The molecule has 2 aromatic heterocycles. The number of hydrogen-bond acceptors (Lipinski definition) is 5. The van der Waals surface area contributed by atoms with Crippen molar-refractivity contribution in [2.75, 3.05) is 11.1 Å². The molecule has 0 aliphatic carbocycles. The maximum atomic E-state index is 12.3. The van der Waals surface area contributed by atoms with Gasteiger partial charge in [-0.3, -0.25) is 9.59 Å². The molecule has 6 heteroatoms. The summed E-state index contributed by atoms with van der Waals surface area (Å²) < 4.78 is 5.53. The topological polar surface area (TPSA) is 98.2 Å². The van der Waals surface area contributed by atoms with Crippen molar-refractivity contribution in [1.29, 1.82) is 0 Å². The molecule has 6 nitrogen and oxygen atoms in total. The number of furan rings is 1. The van der Waals surface area contributed by atoms with Crippen molar-refractivity contribution in [2.45, 2.75) is 20.8 Å². The fraction of sp³-hybridized carbons (Fsp3) is 0.211. The number of nitrogens with zero attached hydrogens (tertiary/aromatic N) is 1. The zero-order valence-electron chi connectivity index (χ0n) is 14.3. The molecular weight excluding hydrogens is 318 g/mol. The second-order valence-corrected chi connectivity index (χ2v) is 6.88. The molecule has 3 aromatic rings. The van der Waals surface area contributed by atoms with Gasteiger partial charge in [0.05, 0.1) is 11.9 Å². The van der Waals surface area contributed by atoms with Crippen LogP contribution in [0, 0.1) is 5.41 Å². The lowest BCUT2D eigenvalue weighted by Crippen LogP contribution is -2.19. The molecule has 0 radical (unpaired) electrons. The van der Waals surface area contributed by atoms with Crippen LogP contribution in [0.5, 0.6) is 0 Å². The van der Waals surface area contributed by atoms with E-state index in [0.717, 1.165) is 0 Å². The highest BCUT2D eigenvalue weighted by atomic mass is 16.4. The molecule has 2 heterocycles. The van der Waals surface area contributed by atoms with Crippen LogP contribution < -0.4 is 11.1 Å². The Morgan fingerprint density at radius 3 is 2.44 bits per heavy atom. The minimum absolute atomic E-state index is 0.0991. The summed E-state index contributed by atoms with van der Waals surface area (Å²) in [6.45, 7) is 5.48. The average molecular weight is 337 g/mol. The molecule has 0 aliphatic heterocycles. The summed E-state index contributed by atoms with van der Waals surface area (Å²) in [6.07, 6.45) is 1.49. The first-order chi connectivity index (χ1) is 11.7. The lowest BCUT2D eigenvalue weighted by atomic mass is 9.89. The molecule has 0 bridgehead atoms. The minimum atomic E-state index is -0.542. The average Bonchev–Trinajstić information content (AvgIpc) is 2.96. The van der Waals surface area contributed by atoms with Crippen molar-refractivity contribution in [3.63, 3.8) is 0 Å². The third kappa shape index (κ3) is 3.52. The number of fused-ring (bicyclic) bond motifs is 1. The van der Waals surface area contributed by atoms with Gasteiger partial charge in [-0.1, -0.05) is 20.8 Å². The van der Waals surface area contributed by atoms with Gasteiger partial charge in [-0.15, -0.1) is 0 Å². The second kappa shape index (κ2) is 6.05. The van der Waals surface area contributed by atoms with E-state index in [2.05, 4.69) is 10.3 Å². The second-order valence-electron chi connectivity index (χ2n) is 6.88. The van der Waals surface area contributed by atoms with Crippen molar-refractivity contribution >= 4 is 34.2 Å². The van der Waals surface area contributed by atoms with Crippen molar-refractivity contribution < 1.29 is 14.0 Å². The van der Waals surface area contributed by atoms with Gasteiger partial charge in [-0.25, -0.2) is 4.98 Å². The summed E-state index contributed by atoms with van der Waals surface area (Å²) in [5.41, 5.74) is 7.04. The number of carbonyl (C=O) groups excluding carboxylic acids is 2. The standard InChI is InChI=1S/C19H19N3O3/c1-19(2,3)16(23)15-9-12-8-14(10-21-18(12)25-15)22-17(24)11-4-6-13(20)7-5-11/h4-10H,20H2,1-3H3,(H,22,24). The Labute approximate surface area is 145 Å². The molecule has 0 spiro atoms. The number of carbonyl (C=O) groups is 2. The Bertz CT molecular complexity index is 950. The number of pyridine rings is 1. The first kappa shape index (κ1) is 16.7. The Hall–Kier alpha value is -3.15. The number of amides is 1. The smallest absolute Gasteiger partial charge is 0.255 e. The molecule has 0 saturated carbocycles. The van der Waals surface area contributed by atoms with Crippen molar-refractivity contribution in [2.24, 2.45) is 5.41 Å². The number of hydrogen-bond donors (Lipinski definition) is 2. The zero-order chi connectivity index (χ0) is 18.2. The van der Waals surface area contributed by atoms with E-state index < -0.39 is 5.41 Å². The lowest BCUT2D eigenvalue weighted by molar-refractivity contribution is 0.0830. The Morgan fingerprint density at radius 1 is 1.12 bits per heavy atom. The van der Waals surface area contributed by atoms with Gasteiger partial charge in [0, 0.05) is 22.1 Å². The number of nitrogens with two attached hydrogens (primary N) is 1. The third-order valence-electron chi connectivity index (χ3n) is 3.71. The normalized spacial score (nSPS) is 11.5. The van der Waals surface area contributed by atoms with Crippen LogP contribution in [0.3, 0.4) is 0 Å². The maximum Gasteiger partial charge on any atom is 0.255 e. The molecule has 128 valence electrons. The molecule has 0 aliphatic rings. The monoisotopic (exact) mass is 337 g/mol. The van der Waals surface area contributed by atoms with Gasteiger partial charge in [0.2, 0.25) is 11.5 Å². The third-order valence-corrected chi connectivity index (χ3v) is 3.71. The van der Waals surface area contributed by atoms with E-state index in [1.807, 2.05) is 20.8 Å². The van der Waals surface area contributed by atoms with Crippen molar-refractivity contribution in [1.82, 2.24) is 4.98 Å². The number of nitrogens with one attached hydrogen (secondary N) is 1. The van der Waals surface area contributed by atoms with Gasteiger partial charge in [-0.2, -0.15) is 0 Å². The van der Waals surface area contributed by atoms with Crippen molar-refractivity contribution in [3.8, 4) is 0 Å². The van der Waals surface area contributed by atoms with Crippen LogP contribution in [0.2, 0.25) is 0 Å². The number of benzene rings is 1. The van der Waals surface area contributed by atoms with Crippen LogP contribution in [-0.4, -0.2) is 16.7 Å². The Kier molecular flexibility index (Phi) is 4.04. The van der Waals surface area contributed by atoms with Gasteiger partial charge in [0.1, 0.15) is 0 Å². The van der Waals surface area contributed by atoms with E-state index in [4.69, 9.17) is 10.2 Å². The maximum absolute atomic E-state index is 12.3. The number of ketones is 1. The number of aromatic nitrogens is 1. The highest BCUT2D eigenvalue weighted by Gasteiger charge is 2.26. The van der Waals surface area contributed by atoms with E-state index in [0.29, 0.717) is 28.0 Å². The van der Waals surface area contributed by atoms with Gasteiger partial charge >= 0.3 is 0 Å². The van der Waals surface area contributed by atoms with Crippen LogP contribution in [-0.2, 0) is 0 Å². The lowest BCUT2D eigenvalue weighted by Gasteiger charge is -2.13. The molecule has 0 atom stereocenters. The van der Waals surface area contributed by atoms with E-state index in [1.54, 1.807) is 36.4 Å². The van der Waals surface area contributed by atoms with E-state index in [1.165, 1.54) is 6.20 Å². The molecule has 0 fully saturated rings. The predicted molar refractivity (Wildman–Crippen MR) is 96.6 cm³/mol. The first-order valence-corrected chi connectivity index (χ1v) is 7.85. The number of nitrogen functional groups attached to an aromatic ring is 1. The van der Waals surface area contributed by atoms with Gasteiger partial charge < -0.3 is 15.5 Å². The number of rotatable bonds is 3. The molecule has 0 unspecified atom stereocenters. The summed E-state index contributed by atoms with van der Waals surface area (Å²) in [5.74, 6) is -0.106. The summed E-state index contributed by atoms with van der Waals surface area (Å²) >= 11 is 0. The van der Waals surface area contributed by atoms with Gasteiger partial charge in [-0.05, 0) is 36.4 Å². The van der Waals surface area contributed by atoms with Crippen LogP contribution in [0.25, 0.3) is 11.1 Å². The van der Waals surface area contributed by atoms with E-state index >= 15 is 0 Å². The molecular formula is C19H19N3O3. The van der Waals surface area contributed by atoms with E-state index in [9.17, 15) is 9.59 Å². The van der Waals surface area contributed by atoms with Crippen LogP contribution >= 0.6 is 0 Å². The Morgan fingerprint density at radius 2 is 1.80 bits per heavy atom. The summed E-state index contributed by atoms with van der Waals surface area (Å²) in [5, 5.41) is 3.42. The van der Waals surface area contributed by atoms with Gasteiger partial charge in [0.15, 0.2) is 5.76 Å². The fourth-order valence-electron chi connectivity index (χ4n) is 2.32. The quantitative estimate of drug-likeness (QED) is 0.558. The molecule has 1 amide bonds. The summed E-state index contributed by atoms with van der Waals surface area (Å²) in [7, 11) is 0. The molecule has 25 heavy (non-hydrogen) atoms. The largest absolute Gasteiger partial charge is 0.435 e. The predicted octanol–water partition coefficient (Wildman–Crippen LogP) is 3.89. The highest BCUT2D eigenvalue weighted by Crippen LogP contribution is 2.26. The van der Waals surface area contributed by atoms with Crippen LogP contribution in [0.15, 0.2) is 47.0 Å². The number of anilines is 2. The van der Waals surface area contributed by atoms with Gasteiger partial charge in [0.25, 0.3) is 5.91 Å². The Balaban J connectivity index is 1.85. The van der Waals surface area contributed by atoms with E-state index in [-0.39, 0.29) is 17.5 Å². The summed E-state index contributed by atoms with van der Waals surface area (Å²) in [4.78, 5) is 28.7.